The van der Waals surface area contributed by atoms with Crippen molar-refractivity contribution in [2.45, 2.75) is 33.5 Å². The highest BCUT2D eigenvalue weighted by atomic mass is 35.5. The first-order valence-electron chi connectivity index (χ1n) is 11.1. The number of aryl methyl sites for hydroxylation is 2. The Morgan fingerprint density at radius 2 is 1.76 bits per heavy atom. The normalized spacial score (nSPS) is 10.8. The Labute approximate surface area is 210 Å². The van der Waals surface area contributed by atoms with Gasteiger partial charge >= 0.3 is 0 Å². The van der Waals surface area contributed by atoms with Crippen LogP contribution in [0.1, 0.15) is 27.9 Å². The van der Waals surface area contributed by atoms with Crippen molar-refractivity contribution >= 4 is 34.6 Å². The third-order valence-corrected chi connectivity index (χ3v) is 6.44. The van der Waals surface area contributed by atoms with E-state index in [4.69, 9.17) is 23.8 Å². The Bertz CT molecular complexity index is 1290. The molecule has 0 aliphatic carbocycles. The molecule has 1 aromatic heterocycles. The van der Waals surface area contributed by atoms with E-state index in [0.717, 1.165) is 17.8 Å². The third-order valence-electron chi connectivity index (χ3n) is 5.79. The molecule has 4 rings (SSSR count). The van der Waals surface area contributed by atoms with Gasteiger partial charge in [-0.3, -0.25) is 0 Å². The van der Waals surface area contributed by atoms with E-state index in [0.29, 0.717) is 23.9 Å². The summed E-state index contributed by atoms with van der Waals surface area (Å²) in [5.41, 5.74) is 6.79. The standard InChI is InChI=1S/C28H27ClFN3S/c1-20-10-11-23(21(2)15-20)18-32-14-6-9-25(32)19-33(17-22-7-4-3-5-8-22)28(34)31-24-12-13-27(30)26(29)16-24/h3-16H,17-19H2,1-2H3,(H,31,34). The van der Waals surface area contributed by atoms with Crippen LogP contribution in [0.2, 0.25) is 5.02 Å². The van der Waals surface area contributed by atoms with Gasteiger partial charge in [-0.05, 0) is 73.1 Å². The summed E-state index contributed by atoms with van der Waals surface area (Å²) in [6.45, 7) is 6.31. The number of aromatic nitrogens is 1. The second kappa shape index (κ2) is 10.9. The number of hydrogen-bond acceptors (Lipinski definition) is 1. The van der Waals surface area contributed by atoms with Crippen molar-refractivity contribution < 1.29 is 4.39 Å². The first kappa shape index (κ1) is 24.0. The molecule has 0 spiro atoms. The summed E-state index contributed by atoms with van der Waals surface area (Å²) in [5, 5.41) is 3.83. The zero-order valence-corrected chi connectivity index (χ0v) is 20.8. The van der Waals surface area contributed by atoms with Gasteiger partial charge in [0.2, 0.25) is 0 Å². The van der Waals surface area contributed by atoms with Gasteiger partial charge in [0, 0.05) is 30.7 Å². The van der Waals surface area contributed by atoms with E-state index >= 15 is 0 Å². The monoisotopic (exact) mass is 491 g/mol. The number of thiocarbonyl (C=S) groups is 1. The van der Waals surface area contributed by atoms with Crippen LogP contribution in [0.5, 0.6) is 0 Å². The number of rotatable bonds is 7. The van der Waals surface area contributed by atoms with Gasteiger partial charge in [0.1, 0.15) is 5.82 Å². The van der Waals surface area contributed by atoms with Gasteiger partial charge in [-0.2, -0.15) is 0 Å². The van der Waals surface area contributed by atoms with Crippen molar-refractivity contribution in [2.24, 2.45) is 0 Å². The van der Waals surface area contributed by atoms with Crippen LogP contribution in [-0.2, 0) is 19.6 Å². The van der Waals surface area contributed by atoms with Crippen molar-refractivity contribution in [1.29, 1.82) is 0 Å². The van der Waals surface area contributed by atoms with E-state index in [2.05, 4.69) is 77.3 Å². The fourth-order valence-electron chi connectivity index (χ4n) is 3.93. The van der Waals surface area contributed by atoms with Crippen LogP contribution in [0.3, 0.4) is 0 Å². The maximum Gasteiger partial charge on any atom is 0.174 e. The van der Waals surface area contributed by atoms with E-state index < -0.39 is 5.82 Å². The molecule has 0 radical (unpaired) electrons. The Hall–Kier alpha value is -3.15. The minimum atomic E-state index is -0.455. The van der Waals surface area contributed by atoms with Gasteiger partial charge < -0.3 is 14.8 Å². The van der Waals surface area contributed by atoms with E-state index in [1.54, 1.807) is 12.1 Å². The predicted molar refractivity (Wildman–Crippen MR) is 143 cm³/mol. The summed E-state index contributed by atoms with van der Waals surface area (Å²) < 4.78 is 15.9. The molecule has 0 amide bonds. The van der Waals surface area contributed by atoms with Gasteiger partial charge in [0.05, 0.1) is 11.6 Å². The maximum atomic E-state index is 13.6. The minimum absolute atomic E-state index is 0.0600. The predicted octanol–water partition coefficient (Wildman–Crippen LogP) is 7.34. The van der Waals surface area contributed by atoms with Crippen molar-refractivity contribution in [3.63, 3.8) is 0 Å². The highest BCUT2D eigenvalue weighted by Gasteiger charge is 2.15. The molecule has 0 unspecified atom stereocenters. The van der Waals surface area contributed by atoms with Crippen molar-refractivity contribution in [1.82, 2.24) is 9.47 Å². The van der Waals surface area contributed by atoms with Crippen LogP contribution in [0, 0.1) is 19.7 Å². The molecular formula is C28H27ClFN3S. The lowest BCUT2D eigenvalue weighted by Crippen LogP contribution is -2.34. The molecule has 0 aliphatic heterocycles. The van der Waals surface area contributed by atoms with Crippen LogP contribution in [0.4, 0.5) is 10.1 Å². The van der Waals surface area contributed by atoms with E-state index in [1.807, 2.05) is 18.2 Å². The van der Waals surface area contributed by atoms with Crippen LogP contribution in [0.25, 0.3) is 0 Å². The molecule has 34 heavy (non-hydrogen) atoms. The van der Waals surface area contributed by atoms with Gasteiger partial charge in [-0.1, -0.05) is 65.7 Å². The second-order valence-electron chi connectivity index (χ2n) is 8.46. The first-order valence-corrected chi connectivity index (χ1v) is 11.9. The average Bonchev–Trinajstić information content (AvgIpc) is 3.25. The zero-order chi connectivity index (χ0) is 24.1. The maximum absolute atomic E-state index is 13.6. The lowest BCUT2D eigenvalue weighted by atomic mass is 10.1. The molecule has 174 valence electrons. The Kier molecular flexibility index (Phi) is 7.66. The van der Waals surface area contributed by atoms with E-state index in [-0.39, 0.29) is 5.02 Å². The first-order chi connectivity index (χ1) is 16.4. The lowest BCUT2D eigenvalue weighted by Gasteiger charge is -2.27. The zero-order valence-electron chi connectivity index (χ0n) is 19.3. The van der Waals surface area contributed by atoms with E-state index in [1.165, 1.54) is 22.8 Å². The Morgan fingerprint density at radius 1 is 0.971 bits per heavy atom. The molecule has 0 saturated heterocycles. The number of hydrogen-bond donors (Lipinski definition) is 1. The van der Waals surface area contributed by atoms with E-state index in [9.17, 15) is 4.39 Å². The smallest absolute Gasteiger partial charge is 0.174 e. The van der Waals surface area contributed by atoms with Crippen molar-refractivity contribution in [2.75, 3.05) is 5.32 Å². The van der Waals surface area contributed by atoms with Crippen LogP contribution < -0.4 is 5.32 Å². The minimum Gasteiger partial charge on any atom is -0.345 e. The molecule has 6 heteroatoms. The van der Waals surface area contributed by atoms with Gasteiger partial charge in [-0.15, -0.1) is 0 Å². The van der Waals surface area contributed by atoms with Crippen molar-refractivity contribution in [3.05, 3.63) is 124 Å². The molecule has 0 atom stereocenters. The number of benzene rings is 3. The number of halogens is 2. The SMILES string of the molecule is Cc1ccc(Cn2cccc2CN(Cc2ccccc2)C(=S)Nc2ccc(F)c(Cl)c2)c(C)c1. The van der Waals surface area contributed by atoms with Crippen LogP contribution in [0.15, 0.2) is 85.1 Å². The summed E-state index contributed by atoms with van der Waals surface area (Å²) in [5.74, 6) is -0.455. The number of nitrogens with one attached hydrogen (secondary N) is 1. The Morgan fingerprint density at radius 3 is 2.50 bits per heavy atom. The average molecular weight is 492 g/mol. The molecule has 1 N–H and O–H groups in total. The third kappa shape index (κ3) is 6.04. The number of anilines is 1. The van der Waals surface area contributed by atoms with Crippen molar-refractivity contribution in [3.8, 4) is 0 Å². The molecular weight excluding hydrogens is 465 g/mol. The highest BCUT2D eigenvalue weighted by Crippen LogP contribution is 2.21. The molecule has 0 fully saturated rings. The fourth-order valence-corrected chi connectivity index (χ4v) is 4.36. The molecule has 0 bridgehead atoms. The van der Waals surface area contributed by atoms with Gasteiger partial charge in [0.15, 0.2) is 5.11 Å². The highest BCUT2D eigenvalue weighted by molar-refractivity contribution is 7.80. The summed E-state index contributed by atoms with van der Waals surface area (Å²) in [7, 11) is 0. The molecule has 0 aliphatic rings. The summed E-state index contributed by atoms with van der Waals surface area (Å²) in [6.07, 6.45) is 2.10. The summed E-state index contributed by atoms with van der Waals surface area (Å²) in [4.78, 5) is 2.11. The quantitative estimate of drug-likeness (QED) is 0.273. The van der Waals surface area contributed by atoms with Crippen LogP contribution >= 0.6 is 23.8 Å². The molecule has 3 nitrogen and oxygen atoms in total. The molecule has 4 aromatic rings. The fraction of sp³-hybridized carbons (Fsp3) is 0.179. The molecule has 3 aromatic carbocycles. The molecule has 1 heterocycles. The summed E-state index contributed by atoms with van der Waals surface area (Å²) >= 11 is 11.7. The Balaban J connectivity index is 1.57. The van der Waals surface area contributed by atoms with Gasteiger partial charge in [-0.25, -0.2) is 4.39 Å². The topological polar surface area (TPSA) is 20.2 Å². The molecule has 0 saturated carbocycles. The van der Waals surface area contributed by atoms with Crippen LogP contribution in [-0.4, -0.2) is 14.6 Å². The lowest BCUT2D eigenvalue weighted by molar-refractivity contribution is 0.399. The second-order valence-corrected chi connectivity index (χ2v) is 9.25. The number of nitrogens with zero attached hydrogens (tertiary/aromatic N) is 2. The largest absolute Gasteiger partial charge is 0.345 e. The van der Waals surface area contributed by atoms with Gasteiger partial charge in [0.25, 0.3) is 0 Å². The summed E-state index contributed by atoms with van der Waals surface area (Å²) in [6, 6.07) is 25.5.